The fourth-order valence-electron chi connectivity index (χ4n) is 4.46. The number of imidazole rings is 1. The number of aromatic nitrogens is 3. The topological polar surface area (TPSA) is 114 Å². The molecular formula is C28H31N5O2. The van der Waals surface area contributed by atoms with Crippen LogP contribution in [0.25, 0.3) is 22.4 Å². The predicted molar refractivity (Wildman–Crippen MR) is 139 cm³/mol. The number of hydrogen-bond donors (Lipinski definition) is 3. The Labute approximate surface area is 205 Å². The molecule has 1 saturated carbocycles. The van der Waals surface area contributed by atoms with Crippen molar-refractivity contribution in [2.24, 2.45) is 11.7 Å². The minimum Gasteiger partial charge on any atom is -0.372 e. The Bertz CT molecular complexity index is 1290. The molecule has 5 rings (SSSR count). The van der Waals surface area contributed by atoms with Gasteiger partial charge in [-0.25, -0.2) is 4.98 Å². The van der Waals surface area contributed by atoms with E-state index < -0.39 is 0 Å². The highest BCUT2D eigenvalue weighted by Crippen LogP contribution is 2.35. The molecule has 4 aromatic rings. The largest absolute Gasteiger partial charge is 0.372 e. The summed E-state index contributed by atoms with van der Waals surface area (Å²) in [6.07, 6.45) is 7.15. The first-order valence-corrected chi connectivity index (χ1v) is 12.0. The van der Waals surface area contributed by atoms with Gasteiger partial charge < -0.3 is 16.0 Å². The van der Waals surface area contributed by atoms with Gasteiger partial charge in [0.15, 0.2) is 0 Å². The normalized spacial score (nSPS) is 17.3. The quantitative estimate of drug-likeness (QED) is 0.338. The molecule has 2 heterocycles. The molecular weight excluding hydrogens is 438 g/mol. The molecule has 0 atom stereocenters. The molecule has 0 radical (unpaired) electrons. The number of primary amides is 1. The van der Waals surface area contributed by atoms with E-state index in [4.69, 9.17) is 14.8 Å². The number of benzene rings is 2. The Morgan fingerprint density at radius 3 is 2.37 bits per heavy atom. The number of aryl methyl sites for hydroxylation is 1. The number of pyridine rings is 1. The number of nitrogens with zero attached hydrogens (tertiary/aromatic N) is 2. The molecule has 0 bridgehead atoms. The Kier molecular flexibility index (Phi) is 7.55. The average molecular weight is 470 g/mol. The molecule has 0 saturated heterocycles. The van der Waals surface area contributed by atoms with Gasteiger partial charge in [-0.1, -0.05) is 37.5 Å². The van der Waals surface area contributed by atoms with Gasteiger partial charge in [0.1, 0.15) is 5.82 Å². The Balaban J connectivity index is 0.000000917. The van der Waals surface area contributed by atoms with E-state index in [1.165, 1.54) is 25.7 Å². The van der Waals surface area contributed by atoms with Crippen LogP contribution in [0.4, 0.5) is 5.69 Å². The number of carbonyl (C=O) groups excluding carboxylic acids is 2. The van der Waals surface area contributed by atoms with E-state index >= 15 is 0 Å². The van der Waals surface area contributed by atoms with Crippen molar-refractivity contribution in [1.29, 1.82) is 0 Å². The zero-order valence-corrected chi connectivity index (χ0v) is 20.1. The van der Waals surface area contributed by atoms with Crippen LogP contribution in [0.5, 0.6) is 0 Å². The predicted octanol–water partition coefficient (Wildman–Crippen LogP) is 5.58. The second-order valence-electron chi connectivity index (χ2n) is 9.20. The van der Waals surface area contributed by atoms with Crippen molar-refractivity contribution < 1.29 is 9.59 Å². The van der Waals surface area contributed by atoms with Gasteiger partial charge in [0.25, 0.3) is 5.91 Å². The van der Waals surface area contributed by atoms with Gasteiger partial charge in [0.2, 0.25) is 6.41 Å². The molecule has 7 heteroatoms. The molecule has 1 aliphatic rings. The Hall–Kier alpha value is -4.00. The summed E-state index contributed by atoms with van der Waals surface area (Å²) in [7, 11) is 0. The fraction of sp³-hybridized carbons (Fsp3) is 0.286. The van der Waals surface area contributed by atoms with E-state index in [2.05, 4.69) is 29.0 Å². The molecule has 4 N–H and O–H groups in total. The van der Waals surface area contributed by atoms with Gasteiger partial charge in [-0.05, 0) is 68.1 Å². The third-order valence-electron chi connectivity index (χ3n) is 6.55. The summed E-state index contributed by atoms with van der Waals surface area (Å²) in [6, 6.07) is 17.4. The van der Waals surface area contributed by atoms with E-state index in [9.17, 15) is 4.79 Å². The van der Waals surface area contributed by atoms with Crippen LogP contribution in [0.1, 0.15) is 60.1 Å². The summed E-state index contributed by atoms with van der Waals surface area (Å²) in [6.45, 7) is 4.35. The minimum absolute atomic E-state index is 0.114. The molecule has 0 spiro atoms. The van der Waals surface area contributed by atoms with Crippen LogP contribution in [0.3, 0.4) is 0 Å². The van der Waals surface area contributed by atoms with Crippen molar-refractivity contribution in [2.75, 3.05) is 5.32 Å². The second kappa shape index (κ2) is 11.0. The first-order chi connectivity index (χ1) is 17.0. The van der Waals surface area contributed by atoms with E-state index in [0.29, 0.717) is 11.5 Å². The number of aromatic amines is 1. The van der Waals surface area contributed by atoms with Crippen molar-refractivity contribution in [3.8, 4) is 11.4 Å². The molecule has 2 aromatic heterocycles. The van der Waals surface area contributed by atoms with E-state index in [0.717, 1.165) is 45.3 Å². The number of amides is 2. The summed E-state index contributed by atoms with van der Waals surface area (Å²) in [5.74, 6) is 2.08. The fourth-order valence-corrected chi connectivity index (χ4v) is 4.46. The minimum atomic E-state index is -0.114. The lowest BCUT2D eigenvalue weighted by Crippen LogP contribution is -2.11. The molecule has 0 aliphatic heterocycles. The molecule has 2 amide bonds. The van der Waals surface area contributed by atoms with Crippen LogP contribution in [-0.4, -0.2) is 27.3 Å². The standard InChI is InChI=1S/C27H28N4O.CH3NO/c1-17-3-7-19(8-4-17)23-15-24-25(16-28-23)31-26(30-24)20-11-13-22(14-12-20)29-27(32)21-9-5-18(2)6-10-21;2-1-3/h5-6,9-17,19H,3-4,7-8H2,1-2H3,(H,29,32)(H,30,31);1H,(H2,2,3). The molecule has 1 fully saturated rings. The van der Waals surface area contributed by atoms with Gasteiger partial charge in [-0.2, -0.15) is 0 Å². The Morgan fingerprint density at radius 1 is 1.06 bits per heavy atom. The van der Waals surface area contributed by atoms with E-state index in [-0.39, 0.29) is 12.3 Å². The van der Waals surface area contributed by atoms with Crippen LogP contribution >= 0.6 is 0 Å². The molecule has 1 aliphatic carbocycles. The van der Waals surface area contributed by atoms with Crippen molar-refractivity contribution in [1.82, 2.24) is 15.0 Å². The summed E-state index contributed by atoms with van der Waals surface area (Å²) >= 11 is 0. The summed E-state index contributed by atoms with van der Waals surface area (Å²) < 4.78 is 0. The van der Waals surface area contributed by atoms with Crippen LogP contribution in [-0.2, 0) is 4.79 Å². The molecule has 2 aromatic carbocycles. The van der Waals surface area contributed by atoms with Gasteiger partial charge in [-0.15, -0.1) is 0 Å². The molecule has 180 valence electrons. The molecule has 0 unspecified atom stereocenters. The zero-order valence-electron chi connectivity index (χ0n) is 20.1. The van der Waals surface area contributed by atoms with E-state index in [1.54, 1.807) is 0 Å². The van der Waals surface area contributed by atoms with Crippen LogP contribution < -0.4 is 11.1 Å². The summed E-state index contributed by atoms with van der Waals surface area (Å²) in [5, 5.41) is 2.95. The number of fused-ring (bicyclic) bond motifs is 1. The number of hydrogen-bond acceptors (Lipinski definition) is 4. The maximum Gasteiger partial charge on any atom is 0.255 e. The smallest absolute Gasteiger partial charge is 0.255 e. The lowest BCUT2D eigenvalue weighted by molar-refractivity contribution is -0.106. The monoisotopic (exact) mass is 469 g/mol. The van der Waals surface area contributed by atoms with Crippen molar-refractivity contribution in [3.63, 3.8) is 0 Å². The zero-order chi connectivity index (χ0) is 24.8. The number of nitrogens with one attached hydrogen (secondary N) is 2. The third-order valence-corrected chi connectivity index (χ3v) is 6.55. The maximum atomic E-state index is 12.4. The van der Waals surface area contributed by atoms with Crippen molar-refractivity contribution >= 4 is 29.0 Å². The van der Waals surface area contributed by atoms with Gasteiger partial charge in [0, 0.05) is 28.4 Å². The lowest BCUT2D eigenvalue weighted by Gasteiger charge is -2.25. The van der Waals surface area contributed by atoms with Crippen molar-refractivity contribution in [2.45, 2.75) is 45.4 Å². The summed E-state index contributed by atoms with van der Waals surface area (Å²) in [4.78, 5) is 33.9. The van der Waals surface area contributed by atoms with Gasteiger partial charge >= 0.3 is 0 Å². The van der Waals surface area contributed by atoms with Crippen molar-refractivity contribution in [3.05, 3.63) is 77.6 Å². The Morgan fingerprint density at radius 2 is 1.71 bits per heavy atom. The number of carbonyl (C=O) groups is 2. The van der Waals surface area contributed by atoms with Crippen LogP contribution in [0, 0.1) is 12.8 Å². The first-order valence-electron chi connectivity index (χ1n) is 12.0. The highest BCUT2D eigenvalue weighted by atomic mass is 16.1. The lowest BCUT2D eigenvalue weighted by atomic mass is 9.81. The van der Waals surface area contributed by atoms with Crippen LogP contribution in [0.2, 0.25) is 0 Å². The highest BCUT2D eigenvalue weighted by molar-refractivity contribution is 6.04. The number of H-pyrrole nitrogens is 1. The van der Waals surface area contributed by atoms with Crippen LogP contribution in [0.15, 0.2) is 60.8 Å². The highest BCUT2D eigenvalue weighted by Gasteiger charge is 2.21. The SMILES string of the molecule is Cc1ccc(C(=O)Nc2ccc(-c3nc4cc(C5CCC(C)CC5)ncc4[nH]3)cc2)cc1.NC=O. The molecule has 7 nitrogen and oxygen atoms in total. The average Bonchev–Trinajstić information content (AvgIpc) is 3.29. The second-order valence-corrected chi connectivity index (χ2v) is 9.20. The molecule has 35 heavy (non-hydrogen) atoms. The van der Waals surface area contributed by atoms with E-state index in [1.807, 2.05) is 61.7 Å². The first kappa shape index (κ1) is 24.1. The summed E-state index contributed by atoms with van der Waals surface area (Å²) in [5.41, 5.74) is 10.7. The van der Waals surface area contributed by atoms with Gasteiger partial charge in [0.05, 0.1) is 17.2 Å². The third kappa shape index (κ3) is 5.93. The number of nitrogens with two attached hydrogens (primary N) is 1. The maximum absolute atomic E-state index is 12.4. The number of rotatable bonds is 4. The van der Waals surface area contributed by atoms with Gasteiger partial charge in [-0.3, -0.25) is 14.6 Å². The number of anilines is 1.